The standard InChI is InChI=1S/2C4H10N2.2ClH.Pt/c2*1-2-6-4-3-5-1;;;/h2*5-6H,1-4H2;2*1H;/q;;;;+2/p-1. The maximum absolute atomic E-state index is 3.22. The predicted octanol–water partition coefficient (Wildman–Crippen LogP) is -4.22. The fraction of sp³-hybridized carbons (Fsp3) is 1.00. The van der Waals surface area contributed by atoms with Crippen molar-refractivity contribution in [3.8, 4) is 0 Å². The number of rotatable bonds is 0. The second-order valence-electron chi connectivity index (χ2n) is 3.00. The Morgan fingerprint density at radius 3 is 0.667 bits per heavy atom. The Hall–Kier alpha value is 1.11. The van der Waals surface area contributed by atoms with Crippen molar-refractivity contribution >= 4 is 12.4 Å². The zero-order valence-electron chi connectivity index (χ0n) is 8.76. The van der Waals surface area contributed by atoms with E-state index in [1.807, 2.05) is 0 Å². The van der Waals surface area contributed by atoms with Gasteiger partial charge in [0, 0.05) is 52.4 Å². The quantitative estimate of drug-likeness (QED) is 0.309. The molecule has 2 aliphatic rings. The van der Waals surface area contributed by atoms with Gasteiger partial charge >= 0.3 is 21.1 Å². The molecule has 15 heavy (non-hydrogen) atoms. The molecule has 0 radical (unpaired) electrons. The van der Waals surface area contributed by atoms with Gasteiger partial charge in [-0.1, -0.05) is 0 Å². The fourth-order valence-electron chi connectivity index (χ4n) is 1.21. The van der Waals surface area contributed by atoms with Crippen molar-refractivity contribution < 1.29 is 33.5 Å². The first kappa shape index (κ1) is 21.4. The van der Waals surface area contributed by atoms with E-state index < -0.39 is 0 Å². The summed E-state index contributed by atoms with van der Waals surface area (Å²) in [5.74, 6) is 0. The normalized spacial score (nSPS) is 19.2. The van der Waals surface area contributed by atoms with Crippen molar-refractivity contribution in [1.82, 2.24) is 21.3 Å². The minimum atomic E-state index is 0. The molecule has 0 aliphatic carbocycles. The second kappa shape index (κ2) is 17.5. The van der Waals surface area contributed by atoms with Crippen LogP contribution in [0.25, 0.3) is 0 Å². The van der Waals surface area contributed by atoms with Crippen LogP contribution in [0.1, 0.15) is 0 Å². The molecular weight excluding hydrogens is 418 g/mol. The molecule has 0 unspecified atom stereocenters. The summed E-state index contributed by atoms with van der Waals surface area (Å²) in [4.78, 5) is 0. The van der Waals surface area contributed by atoms with Crippen LogP contribution >= 0.6 is 12.4 Å². The average molecular weight is 439 g/mol. The molecule has 2 aliphatic heterocycles. The zero-order valence-corrected chi connectivity index (χ0v) is 12.6. The van der Waals surface area contributed by atoms with Gasteiger partial charge in [-0.15, -0.1) is 12.4 Å². The molecule has 0 aromatic carbocycles. The summed E-state index contributed by atoms with van der Waals surface area (Å²) in [7, 11) is 0. The van der Waals surface area contributed by atoms with E-state index in [0.29, 0.717) is 0 Å². The molecule has 2 saturated heterocycles. The average Bonchev–Trinajstić information content (AvgIpc) is 2.24. The second-order valence-corrected chi connectivity index (χ2v) is 3.00. The van der Waals surface area contributed by atoms with E-state index in [9.17, 15) is 0 Å². The van der Waals surface area contributed by atoms with Crippen LogP contribution in [0.3, 0.4) is 0 Å². The molecule has 0 bridgehead atoms. The van der Waals surface area contributed by atoms with Crippen LogP contribution in [0.2, 0.25) is 0 Å². The Balaban J connectivity index is -0.000000160. The summed E-state index contributed by atoms with van der Waals surface area (Å²) >= 11 is 0. The number of hydrogen-bond acceptors (Lipinski definition) is 4. The third-order valence-electron chi connectivity index (χ3n) is 1.91. The van der Waals surface area contributed by atoms with Crippen molar-refractivity contribution in [3.63, 3.8) is 0 Å². The molecule has 2 heterocycles. The van der Waals surface area contributed by atoms with Gasteiger partial charge in [0.2, 0.25) is 0 Å². The first-order valence-corrected chi connectivity index (χ1v) is 4.83. The van der Waals surface area contributed by atoms with E-state index in [-0.39, 0.29) is 45.9 Å². The first-order valence-electron chi connectivity index (χ1n) is 4.83. The number of halogens is 2. The molecule has 7 heteroatoms. The maximum Gasteiger partial charge on any atom is 2.00 e. The third-order valence-corrected chi connectivity index (χ3v) is 1.91. The van der Waals surface area contributed by atoms with E-state index in [1.54, 1.807) is 0 Å². The summed E-state index contributed by atoms with van der Waals surface area (Å²) in [5, 5.41) is 12.9. The van der Waals surface area contributed by atoms with E-state index in [1.165, 1.54) is 0 Å². The Labute approximate surface area is 119 Å². The largest absolute Gasteiger partial charge is 2.00 e. The van der Waals surface area contributed by atoms with E-state index in [0.717, 1.165) is 52.4 Å². The zero-order chi connectivity index (χ0) is 8.49. The molecule has 0 spiro atoms. The third kappa shape index (κ3) is 15.1. The van der Waals surface area contributed by atoms with Crippen molar-refractivity contribution in [3.05, 3.63) is 0 Å². The molecule has 0 saturated carbocycles. The topological polar surface area (TPSA) is 48.1 Å². The molecule has 0 aromatic heterocycles. The Kier molecular flexibility index (Phi) is 25.0. The van der Waals surface area contributed by atoms with Crippen LogP contribution in [-0.2, 0) is 21.1 Å². The number of hydrogen-bond donors (Lipinski definition) is 4. The summed E-state index contributed by atoms with van der Waals surface area (Å²) in [6.45, 7) is 9.11. The molecule has 0 amide bonds. The van der Waals surface area contributed by atoms with Gasteiger partial charge in [-0.05, 0) is 0 Å². The van der Waals surface area contributed by atoms with Crippen LogP contribution in [0.5, 0.6) is 0 Å². The molecule has 4 N–H and O–H groups in total. The fourth-order valence-corrected chi connectivity index (χ4v) is 1.21. The molecule has 4 nitrogen and oxygen atoms in total. The maximum atomic E-state index is 3.22. The van der Waals surface area contributed by atoms with Gasteiger partial charge in [-0.25, -0.2) is 0 Å². The summed E-state index contributed by atoms with van der Waals surface area (Å²) in [5.41, 5.74) is 0. The summed E-state index contributed by atoms with van der Waals surface area (Å²) in [6, 6.07) is 0. The first-order chi connectivity index (χ1) is 6.00. The summed E-state index contributed by atoms with van der Waals surface area (Å²) in [6.07, 6.45) is 0. The van der Waals surface area contributed by atoms with E-state index in [2.05, 4.69) is 21.3 Å². The van der Waals surface area contributed by atoms with E-state index >= 15 is 0 Å². The molecule has 0 atom stereocenters. The smallest absolute Gasteiger partial charge is 1.00 e. The Morgan fingerprint density at radius 1 is 0.467 bits per heavy atom. The van der Waals surface area contributed by atoms with Crippen LogP contribution in [0.15, 0.2) is 0 Å². The number of piperazine rings is 2. The van der Waals surface area contributed by atoms with Crippen LogP contribution in [-0.4, -0.2) is 52.4 Å². The monoisotopic (exact) mass is 438 g/mol. The Bertz CT molecular complexity index is 67.6. The SMILES string of the molecule is C1CNCCN1.C1CNCCN1.Cl.[Cl-].[Pt+2]. The molecule has 2 fully saturated rings. The van der Waals surface area contributed by atoms with Crippen molar-refractivity contribution in [2.45, 2.75) is 0 Å². The van der Waals surface area contributed by atoms with Gasteiger partial charge < -0.3 is 33.7 Å². The van der Waals surface area contributed by atoms with Crippen molar-refractivity contribution in [1.29, 1.82) is 0 Å². The predicted molar refractivity (Wildman–Crippen MR) is 58.7 cm³/mol. The number of nitrogens with one attached hydrogen (secondary N) is 4. The van der Waals surface area contributed by atoms with Gasteiger partial charge in [-0.2, -0.15) is 0 Å². The summed E-state index contributed by atoms with van der Waals surface area (Å²) < 4.78 is 0. The molecular formula is C8H21Cl2N4Pt+. The molecule has 0 aromatic rings. The van der Waals surface area contributed by atoms with Crippen molar-refractivity contribution in [2.75, 3.05) is 52.4 Å². The minimum absolute atomic E-state index is 0. The van der Waals surface area contributed by atoms with Crippen LogP contribution in [0.4, 0.5) is 0 Å². The van der Waals surface area contributed by atoms with Gasteiger partial charge in [0.15, 0.2) is 0 Å². The minimum Gasteiger partial charge on any atom is -1.00 e. The van der Waals surface area contributed by atoms with Gasteiger partial charge in [0.05, 0.1) is 0 Å². The van der Waals surface area contributed by atoms with Crippen molar-refractivity contribution in [2.24, 2.45) is 0 Å². The Morgan fingerprint density at radius 2 is 0.600 bits per heavy atom. The van der Waals surface area contributed by atoms with Gasteiger partial charge in [-0.3, -0.25) is 0 Å². The van der Waals surface area contributed by atoms with Crippen LogP contribution in [0, 0.1) is 0 Å². The van der Waals surface area contributed by atoms with Gasteiger partial charge in [0.1, 0.15) is 0 Å². The van der Waals surface area contributed by atoms with Crippen LogP contribution < -0.4 is 33.7 Å². The van der Waals surface area contributed by atoms with E-state index in [4.69, 9.17) is 0 Å². The molecule has 96 valence electrons. The van der Waals surface area contributed by atoms with Gasteiger partial charge in [0.25, 0.3) is 0 Å². The molecule has 2 rings (SSSR count).